The molecule has 3 rings (SSSR count). The second kappa shape index (κ2) is 7.96. The maximum atomic E-state index is 12.8. The normalized spacial score (nSPS) is 17.4. The summed E-state index contributed by atoms with van der Waals surface area (Å²) >= 11 is 0. The fourth-order valence-electron chi connectivity index (χ4n) is 3.09. The summed E-state index contributed by atoms with van der Waals surface area (Å²) in [5.41, 5.74) is 0.999. The third kappa shape index (κ3) is 4.57. The Hall–Kier alpha value is -2.61. The first-order valence-electron chi connectivity index (χ1n) is 8.86. The highest BCUT2D eigenvalue weighted by Gasteiger charge is 2.33. The molecule has 1 unspecified atom stereocenters. The number of piperidine rings is 1. The Morgan fingerprint density at radius 1 is 1.19 bits per heavy atom. The lowest BCUT2D eigenvalue weighted by Crippen LogP contribution is -2.46. The first-order valence-corrected chi connectivity index (χ1v) is 10.4. The number of likely N-dealkylation sites (tertiary alicyclic amines) is 1. The lowest BCUT2D eigenvalue weighted by atomic mass is 10.1. The van der Waals surface area contributed by atoms with Gasteiger partial charge < -0.3 is 9.80 Å². The van der Waals surface area contributed by atoms with Crippen molar-refractivity contribution < 1.29 is 13.2 Å². The molecule has 0 spiro atoms. The van der Waals surface area contributed by atoms with Gasteiger partial charge >= 0.3 is 0 Å². The van der Waals surface area contributed by atoms with E-state index in [1.807, 2.05) is 25.1 Å². The first kappa shape index (κ1) is 19.2. The van der Waals surface area contributed by atoms with E-state index in [4.69, 9.17) is 0 Å². The van der Waals surface area contributed by atoms with E-state index < -0.39 is 15.3 Å². The summed E-state index contributed by atoms with van der Waals surface area (Å²) in [6.45, 7) is 0.724. The van der Waals surface area contributed by atoms with Gasteiger partial charge in [-0.3, -0.25) is 9.52 Å². The lowest BCUT2D eigenvalue weighted by molar-refractivity contribution is 0.0726. The van der Waals surface area contributed by atoms with Crippen molar-refractivity contribution in [1.82, 2.24) is 9.88 Å². The average Bonchev–Trinajstić information content (AvgIpc) is 2.68. The van der Waals surface area contributed by atoms with Crippen molar-refractivity contribution in [2.75, 3.05) is 36.8 Å². The van der Waals surface area contributed by atoms with E-state index >= 15 is 0 Å². The molecule has 2 heterocycles. The number of hydrogen-bond acceptors (Lipinski definition) is 5. The van der Waals surface area contributed by atoms with Crippen molar-refractivity contribution >= 4 is 27.4 Å². The fraction of sp³-hybridized carbons (Fsp3) is 0.368. The molecule has 8 heteroatoms. The van der Waals surface area contributed by atoms with Crippen LogP contribution in [0.2, 0.25) is 0 Å². The van der Waals surface area contributed by atoms with Gasteiger partial charge in [-0.1, -0.05) is 18.2 Å². The van der Waals surface area contributed by atoms with Crippen LogP contribution in [-0.2, 0) is 10.0 Å². The van der Waals surface area contributed by atoms with E-state index in [9.17, 15) is 13.2 Å². The summed E-state index contributed by atoms with van der Waals surface area (Å²) in [6, 6.07) is 12.3. The third-order valence-electron chi connectivity index (χ3n) is 4.59. The Morgan fingerprint density at radius 2 is 1.93 bits per heavy atom. The number of benzene rings is 1. The highest BCUT2D eigenvalue weighted by molar-refractivity contribution is 7.93. The van der Waals surface area contributed by atoms with Crippen LogP contribution in [0.3, 0.4) is 0 Å². The molecular weight excluding hydrogens is 364 g/mol. The minimum atomic E-state index is -3.57. The number of nitrogens with one attached hydrogen (secondary N) is 1. The number of sulfonamides is 1. The van der Waals surface area contributed by atoms with Crippen molar-refractivity contribution in [3.8, 4) is 0 Å². The standard InChI is InChI=1S/C19H24N4O3S/c1-22(2)18-11-10-15(13-20-18)19(24)23-12-6-9-17(14-23)27(25,26)21-16-7-4-3-5-8-16/h3-5,7-8,10-11,13,17,21H,6,9,12,14H2,1-2H3. The molecule has 1 amide bonds. The van der Waals surface area contributed by atoms with E-state index in [0.29, 0.717) is 30.6 Å². The maximum absolute atomic E-state index is 12.8. The number of carbonyl (C=O) groups is 1. The number of aromatic nitrogens is 1. The van der Waals surface area contributed by atoms with Crippen LogP contribution in [0.25, 0.3) is 0 Å². The molecule has 144 valence electrons. The highest BCUT2D eigenvalue weighted by Crippen LogP contribution is 2.21. The Kier molecular flexibility index (Phi) is 5.65. The molecule has 1 aliphatic heterocycles. The number of carbonyl (C=O) groups excluding carboxylic acids is 1. The predicted octanol–water partition coefficient (Wildman–Crippen LogP) is 2.19. The Balaban J connectivity index is 1.70. The number of rotatable bonds is 5. The van der Waals surface area contributed by atoms with Crippen LogP contribution in [0.5, 0.6) is 0 Å². The zero-order valence-corrected chi connectivity index (χ0v) is 16.3. The second-order valence-electron chi connectivity index (χ2n) is 6.83. The minimum Gasteiger partial charge on any atom is -0.363 e. The topological polar surface area (TPSA) is 82.6 Å². The number of hydrogen-bond donors (Lipinski definition) is 1. The molecule has 1 fully saturated rings. The summed E-state index contributed by atoms with van der Waals surface area (Å²) in [5.74, 6) is 0.574. The molecule has 0 radical (unpaired) electrons. The van der Waals surface area contributed by atoms with Crippen LogP contribution in [-0.4, -0.2) is 56.6 Å². The van der Waals surface area contributed by atoms with Gasteiger partial charge in [0.1, 0.15) is 5.82 Å². The summed E-state index contributed by atoms with van der Waals surface area (Å²) < 4.78 is 28.0. The number of anilines is 2. The molecule has 0 bridgehead atoms. The minimum absolute atomic E-state index is 0.177. The molecule has 1 aromatic heterocycles. The van der Waals surface area contributed by atoms with Crippen LogP contribution >= 0.6 is 0 Å². The highest BCUT2D eigenvalue weighted by atomic mass is 32.2. The number of nitrogens with zero attached hydrogens (tertiary/aromatic N) is 3. The molecule has 2 aromatic rings. The van der Waals surface area contributed by atoms with Crippen LogP contribution in [0, 0.1) is 0 Å². The fourth-order valence-corrected chi connectivity index (χ4v) is 4.57. The van der Waals surface area contributed by atoms with Gasteiger partial charge in [0.05, 0.1) is 10.8 Å². The van der Waals surface area contributed by atoms with Crippen molar-refractivity contribution in [2.24, 2.45) is 0 Å². The van der Waals surface area contributed by atoms with E-state index in [0.717, 1.165) is 5.82 Å². The van der Waals surface area contributed by atoms with Crippen LogP contribution in [0.4, 0.5) is 11.5 Å². The van der Waals surface area contributed by atoms with Gasteiger partial charge in [-0.15, -0.1) is 0 Å². The smallest absolute Gasteiger partial charge is 0.255 e. The largest absolute Gasteiger partial charge is 0.363 e. The maximum Gasteiger partial charge on any atom is 0.255 e. The summed E-state index contributed by atoms with van der Waals surface area (Å²) in [5, 5.41) is -0.635. The number of amides is 1. The van der Waals surface area contributed by atoms with Gasteiger partial charge in [0.25, 0.3) is 5.91 Å². The Bertz CT molecular complexity index is 883. The van der Waals surface area contributed by atoms with Crippen molar-refractivity contribution in [1.29, 1.82) is 0 Å². The average molecular weight is 388 g/mol. The van der Waals surface area contributed by atoms with E-state index in [1.54, 1.807) is 41.3 Å². The SMILES string of the molecule is CN(C)c1ccc(C(=O)N2CCCC(S(=O)(=O)Nc3ccccc3)C2)cn1. The summed E-state index contributed by atoms with van der Waals surface area (Å²) in [7, 11) is 0.188. The summed E-state index contributed by atoms with van der Waals surface area (Å²) in [4.78, 5) is 20.5. The number of pyridine rings is 1. The van der Waals surface area contributed by atoms with Gasteiger partial charge in [-0.2, -0.15) is 0 Å². The van der Waals surface area contributed by atoms with Gasteiger partial charge in [0.15, 0.2) is 0 Å². The molecule has 1 aliphatic rings. The van der Waals surface area contributed by atoms with Crippen molar-refractivity contribution in [3.63, 3.8) is 0 Å². The van der Waals surface area contributed by atoms with Gasteiger partial charge in [-0.05, 0) is 37.1 Å². The summed E-state index contributed by atoms with van der Waals surface area (Å²) in [6.07, 6.45) is 2.72. The molecule has 27 heavy (non-hydrogen) atoms. The molecule has 1 saturated heterocycles. The monoisotopic (exact) mass is 388 g/mol. The zero-order valence-electron chi connectivity index (χ0n) is 15.5. The van der Waals surface area contributed by atoms with E-state index in [2.05, 4.69) is 9.71 Å². The second-order valence-corrected chi connectivity index (χ2v) is 8.79. The molecular formula is C19H24N4O3S. The van der Waals surface area contributed by atoms with Gasteiger partial charge in [-0.25, -0.2) is 13.4 Å². The number of para-hydroxylation sites is 1. The van der Waals surface area contributed by atoms with Crippen molar-refractivity contribution in [3.05, 3.63) is 54.2 Å². The molecule has 1 atom stereocenters. The van der Waals surface area contributed by atoms with Crippen molar-refractivity contribution in [2.45, 2.75) is 18.1 Å². The quantitative estimate of drug-likeness (QED) is 0.849. The third-order valence-corrected chi connectivity index (χ3v) is 6.37. The lowest BCUT2D eigenvalue weighted by Gasteiger charge is -2.32. The molecule has 1 aromatic carbocycles. The van der Waals surface area contributed by atoms with Gasteiger partial charge in [0, 0.05) is 39.1 Å². The molecule has 0 aliphatic carbocycles. The first-order chi connectivity index (χ1) is 12.9. The van der Waals surface area contributed by atoms with Crippen LogP contribution in [0.15, 0.2) is 48.7 Å². The molecule has 1 N–H and O–H groups in total. The van der Waals surface area contributed by atoms with E-state index in [1.165, 1.54) is 6.20 Å². The molecule has 7 nitrogen and oxygen atoms in total. The Morgan fingerprint density at radius 3 is 2.56 bits per heavy atom. The van der Waals surface area contributed by atoms with E-state index in [-0.39, 0.29) is 12.5 Å². The Labute approximate surface area is 160 Å². The molecule has 0 saturated carbocycles. The predicted molar refractivity (Wildman–Crippen MR) is 106 cm³/mol. The van der Waals surface area contributed by atoms with Gasteiger partial charge in [0.2, 0.25) is 10.0 Å². The van der Waals surface area contributed by atoms with Crippen LogP contribution in [0.1, 0.15) is 23.2 Å². The zero-order chi connectivity index (χ0) is 19.4. The van der Waals surface area contributed by atoms with Crippen LogP contribution < -0.4 is 9.62 Å².